The van der Waals surface area contributed by atoms with Gasteiger partial charge in [-0.3, -0.25) is 0 Å². The Morgan fingerprint density at radius 2 is 2.00 bits per heavy atom. The van der Waals surface area contributed by atoms with E-state index in [1.807, 2.05) is 38.1 Å². The molecule has 0 heterocycles. The van der Waals surface area contributed by atoms with Gasteiger partial charge in [0.1, 0.15) is 0 Å². The molecule has 0 radical (unpaired) electrons. The second-order valence-corrected chi connectivity index (χ2v) is 3.53. The molecule has 0 aliphatic carbocycles. The Labute approximate surface area is 79.3 Å². The topological polar surface area (TPSA) is 23.8 Å². The molecule has 0 aliphatic rings. The molecule has 0 atom stereocenters. The predicted octanol–water partition coefficient (Wildman–Crippen LogP) is 3.13. The van der Waals surface area contributed by atoms with Gasteiger partial charge in [-0.2, -0.15) is 5.26 Å². The van der Waals surface area contributed by atoms with Crippen molar-refractivity contribution in [3.63, 3.8) is 0 Å². The van der Waals surface area contributed by atoms with Gasteiger partial charge in [-0.25, -0.2) is 0 Å². The van der Waals surface area contributed by atoms with E-state index in [-0.39, 0.29) is 0 Å². The Morgan fingerprint density at radius 1 is 1.38 bits per heavy atom. The van der Waals surface area contributed by atoms with Crippen molar-refractivity contribution in [2.75, 3.05) is 0 Å². The lowest BCUT2D eigenvalue weighted by atomic mass is 9.83. The van der Waals surface area contributed by atoms with Gasteiger partial charge < -0.3 is 0 Å². The molecule has 0 unspecified atom stereocenters. The van der Waals surface area contributed by atoms with Gasteiger partial charge in [0.2, 0.25) is 0 Å². The molecule has 1 aromatic rings. The highest BCUT2D eigenvalue weighted by molar-refractivity contribution is 5.55. The molecule has 1 aromatic carbocycles. The van der Waals surface area contributed by atoms with Crippen molar-refractivity contribution >= 4 is 6.08 Å². The van der Waals surface area contributed by atoms with Gasteiger partial charge in [0.15, 0.2) is 0 Å². The number of benzene rings is 1. The number of nitrogens with zero attached hydrogens (tertiary/aromatic N) is 1. The summed E-state index contributed by atoms with van der Waals surface area (Å²) < 4.78 is 0. The van der Waals surface area contributed by atoms with Crippen LogP contribution < -0.4 is 0 Å². The van der Waals surface area contributed by atoms with Crippen LogP contribution in [-0.2, 0) is 5.41 Å². The van der Waals surface area contributed by atoms with E-state index in [4.69, 9.17) is 5.26 Å². The average Bonchev–Trinajstić information content (AvgIpc) is 2.18. The van der Waals surface area contributed by atoms with Crippen LogP contribution in [0, 0.1) is 11.3 Å². The number of hydrogen-bond donors (Lipinski definition) is 0. The van der Waals surface area contributed by atoms with E-state index in [0.717, 1.165) is 11.1 Å². The molecule has 66 valence electrons. The minimum absolute atomic E-state index is 0.440. The Balaban J connectivity index is 3.30. The lowest BCUT2D eigenvalue weighted by Gasteiger charge is -2.18. The zero-order valence-corrected chi connectivity index (χ0v) is 8.04. The summed E-state index contributed by atoms with van der Waals surface area (Å²) in [5.41, 5.74) is 1.63. The van der Waals surface area contributed by atoms with Crippen LogP contribution in [0.25, 0.3) is 6.08 Å². The Kier molecular flexibility index (Phi) is 2.53. The second-order valence-electron chi connectivity index (χ2n) is 3.53. The minimum Gasteiger partial charge on any atom is -0.197 e. The van der Waals surface area contributed by atoms with E-state index in [1.165, 1.54) is 0 Å². The minimum atomic E-state index is -0.440. The first-order valence-electron chi connectivity index (χ1n) is 4.25. The van der Waals surface area contributed by atoms with Crippen LogP contribution in [0.5, 0.6) is 0 Å². The van der Waals surface area contributed by atoms with Crippen molar-refractivity contribution in [1.29, 1.82) is 5.26 Å². The van der Waals surface area contributed by atoms with Gasteiger partial charge in [-0.1, -0.05) is 36.9 Å². The fourth-order valence-electron chi connectivity index (χ4n) is 1.30. The molecule has 0 saturated heterocycles. The Bertz CT molecular complexity index is 356. The number of rotatable bonds is 2. The summed E-state index contributed by atoms with van der Waals surface area (Å²) in [6, 6.07) is 10.1. The fourth-order valence-corrected chi connectivity index (χ4v) is 1.30. The third-order valence-electron chi connectivity index (χ3n) is 2.13. The molecule has 0 bridgehead atoms. The first-order chi connectivity index (χ1) is 6.11. The van der Waals surface area contributed by atoms with E-state index in [2.05, 4.69) is 12.6 Å². The van der Waals surface area contributed by atoms with E-state index in [1.54, 1.807) is 6.08 Å². The highest BCUT2D eigenvalue weighted by atomic mass is 14.3. The van der Waals surface area contributed by atoms with Crippen LogP contribution in [0.4, 0.5) is 0 Å². The van der Waals surface area contributed by atoms with Crippen LogP contribution in [0.2, 0.25) is 0 Å². The van der Waals surface area contributed by atoms with E-state index in [9.17, 15) is 0 Å². The lowest BCUT2D eigenvalue weighted by molar-refractivity contribution is 0.685. The average molecular weight is 171 g/mol. The van der Waals surface area contributed by atoms with Crippen molar-refractivity contribution < 1.29 is 0 Å². The van der Waals surface area contributed by atoms with Crippen LogP contribution in [-0.4, -0.2) is 0 Å². The van der Waals surface area contributed by atoms with Gasteiger partial charge in [0.05, 0.1) is 11.5 Å². The van der Waals surface area contributed by atoms with E-state index < -0.39 is 5.41 Å². The molecule has 1 nitrogen and oxygen atoms in total. The highest BCUT2D eigenvalue weighted by Gasteiger charge is 2.21. The summed E-state index contributed by atoms with van der Waals surface area (Å²) >= 11 is 0. The zero-order valence-electron chi connectivity index (χ0n) is 8.04. The lowest BCUT2D eigenvalue weighted by Crippen LogP contribution is -2.15. The van der Waals surface area contributed by atoms with Crippen molar-refractivity contribution in [2.24, 2.45) is 0 Å². The Morgan fingerprint density at radius 3 is 2.54 bits per heavy atom. The van der Waals surface area contributed by atoms with E-state index >= 15 is 0 Å². The van der Waals surface area contributed by atoms with Gasteiger partial charge in [0.25, 0.3) is 0 Å². The third kappa shape index (κ3) is 1.78. The van der Waals surface area contributed by atoms with Crippen LogP contribution >= 0.6 is 0 Å². The maximum absolute atomic E-state index is 8.98. The normalized spacial score (nSPS) is 10.5. The first kappa shape index (κ1) is 9.54. The van der Waals surface area contributed by atoms with Crippen LogP contribution in [0.1, 0.15) is 25.0 Å². The maximum atomic E-state index is 8.98. The standard InChI is InChI=1S/C12H13N/c1-4-10-7-5-6-8-11(10)12(2,3)9-13/h4-8H,1H2,2-3H3. The summed E-state index contributed by atoms with van der Waals surface area (Å²) in [4.78, 5) is 0. The summed E-state index contributed by atoms with van der Waals surface area (Å²) in [5, 5.41) is 8.98. The molecule has 1 rings (SSSR count). The smallest absolute Gasteiger partial charge is 0.0772 e. The molecule has 0 fully saturated rings. The van der Waals surface area contributed by atoms with E-state index in [0.29, 0.717) is 0 Å². The molecule has 0 spiro atoms. The molecular weight excluding hydrogens is 158 g/mol. The molecule has 0 aromatic heterocycles. The van der Waals surface area contributed by atoms with Crippen LogP contribution in [0.15, 0.2) is 30.8 Å². The molecule has 0 saturated carbocycles. The molecule has 1 heteroatoms. The fraction of sp³-hybridized carbons (Fsp3) is 0.250. The SMILES string of the molecule is C=Cc1ccccc1C(C)(C)C#N. The van der Waals surface area contributed by atoms with Gasteiger partial charge in [0, 0.05) is 0 Å². The quantitative estimate of drug-likeness (QED) is 0.670. The van der Waals surface area contributed by atoms with Gasteiger partial charge in [-0.05, 0) is 25.0 Å². The van der Waals surface area contributed by atoms with Crippen molar-refractivity contribution in [2.45, 2.75) is 19.3 Å². The number of hydrogen-bond acceptors (Lipinski definition) is 1. The van der Waals surface area contributed by atoms with Crippen molar-refractivity contribution in [3.8, 4) is 6.07 Å². The van der Waals surface area contributed by atoms with Crippen LogP contribution in [0.3, 0.4) is 0 Å². The highest BCUT2D eigenvalue weighted by Crippen LogP contribution is 2.25. The largest absolute Gasteiger partial charge is 0.197 e. The number of nitriles is 1. The maximum Gasteiger partial charge on any atom is 0.0772 e. The van der Waals surface area contributed by atoms with Gasteiger partial charge in [-0.15, -0.1) is 0 Å². The monoisotopic (exact) mass is 171 g/mol. The summed E-state index contributed by atoms with van der Waals surface area (Å²) in [5.74, 6) is 0. The summed E-state index contributed by atoms with van der Waals surface area (Å²) in [7, 11) is 0. The van der Waals surface area contributed by atoms with Gasteiger partial charge >= 0.3 is 0 Å². The van der Waals surface area contributed by atoms with Crippen molar-refractivity contribution in [1.82, 2.24) is 0 Å². The first-order valence-corrected chi connectivity index (χ1v) is 4.25. The Hall–Kier alpha value is -1.55. The molecule has 13 heavy (non-hydrogen) atoms. The molecule has 0 N–H and O–H groups in total. The molecule has 0 amide bonds. The predicted molar refractivity (Wildman–Crippen MR) is 55.2 cm³/mol. The molecular formula is C12H13N. The summed E-state index contributed by atoms with van der Waals surface area (Å²) in [6.07, 6.45) is 1.79. The zero-order chi connectivity index (χ0) is 9.90. The second kappa shape index (κ2) is 3.45. The van der Waals surface area contributed by atoms with Crippen molar-refractivity contribution in [3.05, 3.63) is 42.0 Å². The molecule has 0 aliphatic heterocycles. The summed E-state index contributed by atoms with van der Waals surface area (Å²) in [6.45, 7) is 7.55. The third-order valence-corrected chi connectivity index (χ3v) is 2.13.